The molecule has 5 heteroatoms. The molecular formula is C12H23N3O2. The van der Waals surface area contributed by atoms with Crippen LogP contribution in [0.1, 0.15) is 34.1 Å². The van der Waals surface area contributed by atoms with E-state index >= 15 is 0 Å². The molecule has 0 aromatic carbocycles. The van der Waals surface area contributed by atoms with Crippen LogP contribution in [0.5, 0.6) is 0 Å². The van der Waals surface area contributed by atoms with Crippen LogP contribution < -0.4 is 11.1 Å². The smallest absolute Gasteiger partial charge is 0.244 e. The van der Waals surface area contributed by atoms with Crippen LogP contribution in [0.3, 0.4) is 0 Å². The van der Waals surface area contributed by atoms with E-state index in [1.807, 2.05) is 13.8 Å². The summed E-state index contributed by atoms with van der Waals surface area (Å²) in [5.41, 5.74) is 4.65. The van der Waals surface area contributed by atoms with Crippen molar-refractivity contribution in [1.82, 2.24) is 10.2 Å². The van der Waals surface area contributed by atoms with Crippen LogP contribution in [-0.2, 0) is 9.59 Å². The van der Waals surface area contributed by atoms with Gasteiger partial charge in [0.2, 0.25) is 11.8 Å². The monoisotopic (exact) mass is 241 g/mol. The predicted octanol–water partition coefficient (Wildman–Crippen LogP) is 0.0968. The number of nitrogens with one attached hydrogen (secondary N) is 1. The molecule has 1 atom stereocenters. The molecule has 1 fully saturated rings. The first-order chi connectivity index (χ1) is 7.57. The van der Waals surface area contributed by atoms with Gasteiger partial charge < -0.3 is 16.0 Å². The summed E-state index contributed by atoms with van der Waals surface area (Å²) < 4.78 is 0. The molecule has 5 nitrogen and oxygen atoms in total. The summed E-state index contributed by atoms with van der Waals surface area (Å²) in [6, 6.07) is -0.394. The Morgan fingerprint density at radius 3 is 2.29 bits per heavy atom. The number of hydrogen-bond acceptors (Lipinski definition) is 3. The van der Waals surface area contributed by atoms with Gasteiger partial charge in [0.05, 0.1) is 5.41 Å². The van der Waals surface area contributed by atoms with Gasteiger partial charge in [-0.25, -0.2) is 0 Å². The molecule has 1 rings (SSSR count). The molecule has 17 heavy (non-hydrogen) atoms. The van der Waals surface area contributed by atoms with Crippen molar-refractivity contribution in [1.29, 1.82) is 0 Å². The minimum Gasteiger partial charge on any atom is -0.344 e. The van der Waals surface area contributed by atoms with Crippen LogP contribution in [-0.4, -0.2) is 41.9 Å². The van der Waals surface area contributed by atoms with E-state index < -0.39 is 17.0 Å². The number of amides is 2. The molecule has 98 valence electrons. The fraction of sp³-hybridized carbons (Fsp3) is 0.833. The van der Waals surface area contributed by atoms with Crippen LogP contribution in [0.4, 0.5) is 0 Å². The molecule has 0 aliphatic carbocycles. The highest BCUT2D eigenvalue weighted by molar-refractivity contribution is 5.91. The summed E-state index contributed by atoms with van der Waals surface area (Å²) in [5.74, 6) is -0.192. The topological polar surface area (TPSA) is 75.4 Å². The van der Waals surface area contributed by atoms with Crippen LogP contribution in [0.2, 0.25) is 0 Å². The Labute approximate surface area is 103 Å². The molecule has 0 saturated carbocycles. The number of hydrogen-bond donors (Lipinski definition) is 2. The number of likely N-dealkylation sites (N-methyl/N-ethyl adjacent to an activating group) is 1. The maximum Gasteiger partial charge on any atom is 0.244 e. The predicted molar refractivity (Wildman–Crippen MR) is 66.2 cm³/mol. The summed E-state index contributed by atoms with van der Waals surface area (Å²) in [5, 5.41) is 2.80. The summed E-state index contributed by atoms with van der Waals surface area (Å²) in [6.45, 7) is 7.91. The molecule has 0 spiro atoms. The number of likely N-dealkylation sites (tertiary alicyclic amines) is 1. The van der Waals surface area contributed by atoms with Gasteiger partial charge in [0, 0.05) is 19.1 Å². The normalized spacial score (nSPS) is 21.9. The first-order valence-corrected chi connectivity index (χ1v) is 5.92. The molecule has 0 bridgehead atoms. The molecule has 0 aromatic rings. The zero-order valence-electron chi connectivity index (χ0n) is 11.3. The van der Waals surface area contributed by atoms with E-state index in [1.165, 1.54) is 0 Å². The summed E-state index contributed by atoms with van der Waals surface area (Å²) in [4.78, 5) is 25.5. The second kappa shape index (κ2) is 4.29. The maximum absolute atomic E-state index is 12.2. The van der Waals surface area contributed by atoms with Crippen LogP contribution in [0.15, 0.2) is 0 Å². The number of rotatable bonds is 3. The first-order valence-electron chi connectivity index (χ1n) is 5.92. The van der Waals surface area contributed by atoms with Crippen molar-refractivity contribution in [3.05, 3.63) is 0 Å². The SMILES string of the molecule is CN1CCC(NC(=O)C(C)(C)C(C)(C)N)C1=O. The molecule has 1 saturated heterocycles. The van der Waals surface area contributed by atoms with Crippen molar-refractivity contribution in [3.8, 4) is 0 Å². The zero-order chi connectivity index (χ0) is 13.4. The third-order valence-corrected chi connectivity index (χ3v) is 3.91. The van der Waals surface area contributed by atoms with E-state index in [-0.39, 0.29) is 11.8 Å². The van der Waals surface area contributed by atoms with E-state index in [0.717, 1.165) is 0 Å². The highest BCUT2D eigenvalue weighted by Gasteiger charge is 2.42. The van der Waals surface area contributed by atoms with Gasteiger partial charge in [-0.15, -0.1) is 0 Å². The van der Waals surface area contributed by atoms with Gasteiger partial charge in [-0.3, -0.25) is 9.59 Å². The first kappa shape index (κ1) is 14.0. The highest BCUT2D eigenvalue weighted by Crippen LogP contribution is 2.28. The van der Waals surface area contributed by atoms with Crippen molar-refractivity contribution in [3.63, 3.8) is 0 Å². The third-order valence-electron chi connectivity index (χ3n) is 3.91. The van der Waals surface area contributed by atoms with Gasteiger partial charge in [0.25, 0.3) is 0 Å². The number of carbonyl (C=O) groups is 2. The quantitative estimate of drug-likeness (QED) is 0.735. The minimum atomic E-state index is -0.714. The Hall–Kier alpha value is -1.10. The number of carbonyl (C=O) groups excluding carboxylic acids is 2. The van der Waals surface area contributed by atoms with E-state index in [0.29, 0.717) is 13.0 Å². The summed E-state index contributed by atoms with van der Waals surface area (Å²) in [6.07, 6.45) is 0.669. The zero-order valence-corrected chi connectivity index (χ0v) is 11.3. The van der Waals surface area contributed by atoms with Gasteiger partial charge in [-0.1, -0.05) is 0 Å². The summed E-state index contributed by atoms with van der Waals surface area (Å²) >= 11 is 0. The molecule has 1 heterocycles. The average Bonchev–Trinajstić information content (AvgIpc) is 2.47. The third kappa shape index (κ3) is 2.60. The second-order valence-electron chi connectivity index (χ2n) is 5.92. The minimum absolute atomic E-state index is 0.0241. The molecule has 1 unspecified atom stereocenters. The molecule has 0 radical (unpaired) electrons. The lowest BCUT2D eigenvalue weighted by molar-refractivity contribution is -0.137. The van der Waals surface area contributed by atoms with E-state index in [4.69, 9.17) is 5.73 Å². The Balaban J connectivity index is 2.71. The summed E-state index contributed by atoms with van der Waals surface area (Å²) in [7, 11) is 1.74. The molecule has 1 aliphatic heterocycles. The fourth-order valence-corrected chi connectivity index (χ4v) is 1.59. The Morgan fingerprint density at radius 2 is 1.94 bits per heavy atom. The largest absolute Gasteiger partial charge is 0.344 e. The number of nitrogens with two attached hydrogens (primary N) is 1. The standard InChI is InChI=1S/C12H23N3O2/c1-11(2,12(3,4)13)10(17)14-8-6-7-15(5)9(8)16/h8H,6-7,13H2,1-5H3,(H,14,17). The van der Waals surface area contributed by atoms with Gasteiger partial charge >= 0.3 is 0 Å². The fourth-order valence-electron chi connectivity index (χ4n) is 1.59. The van der Waals surface area contributed by atoms with E-state index in [1.54, 1.807) is 25.8 Å². The van der Waals surface area contributed by atoms with Gasteiger partial charge in [-0.2, -0.15) is 0 Å². The van der Waals surface area contributed by atoms with Crippen LogP contribution >= 0.6 is 0 Å². The van der Waals surface area contributed by atoms with E-state index in [2.05, 4.69) is 5.32 Å². The van der Waals surface area contributed by atoms with Crippen molar-refractivity contribution < 1.29 is 9.59 Å². The van der Waals surface area contributed by atoms with Crippen molar-refractivity contribution >= 4 is 11.8 Å². The van der Waals surface area contributed by atoms with Crippen LogP contribution in [0.25, 0.3) is 0 Å². The van der Waals surface area contributed by atoms with Crippen molar-refractivity contribution in [2.24, 2.45) is 11.1 Å². The molecular weight excluding hydrogens is 218 g/mol. The Bertz CT molecular complexity index is 331. The lowest BCUT2D eigenvalue weighted by Crippen LogP contribution is -2.57. The molecule has 0 aromatic heterocycles. The Morgan fingerprint density at radius 1 is 1.41 bits per heavy atom. The van der Waals surface area contributed by atoms with Crippen molar-refractivity contribution in [2.45, 2.75) is 45.7 Å². The lowest BCUT2D eigenvalue weighted by atomic mass is 9.74. The van der Waals surface area contributed by atoms with Crippen LogP contribution in [0, 0.1) is 5.41 Å². The second-order valence-corrected chi connectivity index (χ2v) is 5.92. The highest BCUT2D eigenvalue weighted by atomic mass is 16.2. The average molecular weight is 241 g/mol. The number of nitrogens with zero attached hydrogens (tertiary/aromatic N) is 1. The van der Waals surface area contributed by atoms with Crippen molar-refractivity contribution in [2.75, 3.05) is 13.6 Å². The van der Waals surface area contributed by atoms with Gasteiger partial charge in [0.15, 0.2) is 0 Å². The molecule has 3 N–H and O–H groups in total. The lowest BCUT2D eigenvalue weighted by Gasteiger charge is -2.37. The van der Waals surface area contributed by atoms with E-state index in [9.17, 15) is 9.59 Å². The molecule has 1 aliphatic rings. The Kier molecular flexibility index (Phi) is 3.52. The maximum atomic E-state index is 12.2. The van der Waals surface area contributed by atoms with Gasteiger partial charge in [-0.05, 0) is 34.1 Å². The molecule has 2 amide bonds. The van der Waals surface area contributed by atoms with Gasteiger partial charge in [0.1, 0.15) is 6.04 Å².